The van der Waals surface area contributed by atoms with Crippen LogP contribution in [0, 0.1) is 0 Å². The number of halogens is 1. The van der Waals surface area contributed by atoms with E-state index in [4.69, 9.17) is 21.1 Å². The molecule has 0 fully saturated rings. The first-order chi connectivity index (χ1) is 16.0. The summed E-state index contributed by atoms with van der Waals surface area (Å²) in [5, 5.41) is 14.6. The molecule has 3 amide bonds. The molecule has 0 radical (unpaired) electrons. The molecule has 1 aliphatic heterocycles. The molecule has 0 bridgehead atoms. The van der Waals surface area contributed by atoms with Crippen molar-refractivity contribution < 1.29 is 19.1 Å². The number of imide groups is 1. The van der Waals surface area contributed by atoms with Gasteiger partial charge in [-0.2, -0.15) is 0 Å². The number of urea groups is 1. The van der Waals surface area contributed by atoms with Gasteiger partial charge >= 0.3 is 6.03 Å². The van der Waals surface area contributed by atoms with E-state index in [9.17, 15) is 9.59 Å². The quantitative estimate of drug-likeness (QED) is 0.492. The largest absolute Gasteiger partial charge is 0.486 e. The molecule has 172 valence electrons. The Morgan fingerprint density at radius 1 is 1.15 bits per heavy atom. The molecular weight excluding hydrogens is 466 g/mol. The lowest BCUT2D eigenvalue weighted by Gasteiger charge is -2.26. The number of rotatable bonds is 7. The van der Waals surface area contributed by atoms with Crippen molar-refractivity contribution in [3.63, 3.8) is 0 Å². The molecule has 4 rings (SSSR count). The molecule has 2 aromatic carbocycles. The van der Waals surface area contributed by atoms with Crippen molar-refractivity contribution in [3.05, 3.63) is 53.6 Å². The monoisotopic (exact) mass is 487 g/mol. The van der Waals surface area contributed by atoms with E-state index in [1.807, 2.05) is 41.8 Å². The van der Waals surface area contributed by atoms with Gasteiger partial charge in [0.15, 0.2) is 28.6 Å². The maximum atomic E-state index is 12.2. The Hall–Kier alpha value is -3.24. The number of benzene rings is 2. The molecule has 1 aromatic heterocycles. The van der Waals surface area contributed by atoms with Gasteiger partial charge in [-0.1, -0.05) is 35.5 Å². The molecule has 0 spiro atoms. The predicted octanol–water partition coefficient (Wildman–Crippen LogP) is 3.38. The second-order valence-electron chi connectivity index (χ2n) is 7.10. The zero-order valence-electron chi connectivity index (χ0n) is 17.8. The maximum Gasteiger partial charge on any atom is 0.321 e. The smallest absolute Gasteiger partial charge is 0.321 e. The van der Waals surface area contributed by atoms with E-state index in [1.54, 1.807) is 18.2 Å². The van der Waals surface area contributed by atoms with Crippen molar-refractivity contribution in [1.29, 1.82) is 0 Å². The van der Waals surface area contributed by atoms with Crippen molar-refractivity contribution in [1.82, 2.24) is 25.4 Å². The number of ether oxygens (including phenoxy) is 2. The average molecular weight is 488 g/mol. The van der Waals surface area contributed by atoms with Gasteiger partial charge in [0.2, 0.25) is 5.91 Å². The lowest BCUT2D eigenvalue weighted by atomic mass is 10.2. The topological polar surface area (TPSA) is 107 Å². The number of aromatic nitrogens is 3. The van der Waals surface area contributed by atoms with E-state index in [0.717, 1.165) is 5.56 Å². The van der Waals surface area contributed by atoms with Crippen LogP contribution < -0.4 is 20.1 Å². The molecule has 1 atom stereocenters. The number of carbonyl (C=O) groups is 2. The zero-order valence-corrected chi connectivity index (χ0v) is 19.4. The van der Waals surface area contributed by atoms with Crippen molar-refractivity contribution >= 4 is 35.3 Å². The normalized spacial score (nSPS) is 14.5. The summed E-state index contributed by atoms with van der Waals surface area (Å²) in [6.45, 7) is 3.11. The number of carbonyl (C=O) groups excluding carboxylic acids is 2. The molecule has 1 unspecified atom stereocenters. The highest BCUT2D eigenvalue weighted by atomic mass is 35.5. The lowest BCUT2D eigenvalue weighted by Crippen LogP contribution is -2.46. The van der Waals surface area contributed by atoms with Gasteiger partial charge in [-0.3, -0.25) is 10.1 Å². The highest BCUT2D eigenvalue weighted by molar-refractivity contribution is 7.99. The first-order valence-corrected chi connectivity index (χ1v) is 11.7. The Morgan fingerprint density at radius 3 is 2.67 bits per heavy atom. The number of amides is 3. The Labute approximate surface area is 199 Å². The van der Waals surface area contributed by atoms with Crippen LogP contribution in [0.25, 0.3) is 11.4 Å². The van der Waals surface area contributed by atoms with Crippen molar-refractivity contribution in [3.8, 4) is 22.9 Å². The van der Waals surface area contributed by atoms with Gasteiger partial charge in [-0.05, 0) is 43.3 Å². The van der Waals surface area contributed by atoms with Gasteiger partial charge in [-0.25, -0.2) is 4.79 Å². The summed E-state index contributed by atoms with van der Waals surface area (Å²) >= 11 is 7.16. The lowest BCUT2D eigenvalue weighted by molar-refractivity contribution is -0.117. The van der Waals surface area contributed by atoms with Crippen LogP contribution in [0.2, 0.25) is 5.02 Å². The summed E-state index contributed by atoms with van der Waals surface area (Å²) in [4.78, 5) is 24.3. The van der Waals surface area contributed by atoms with Crippen molar-refractivity contribution in [2.45, 2.75) is 24.7 Å². The highest BCUT2D eigenvalue weighted by Gasteiger charge is 2.21. The van der Waals surface area contributed by atoms with Crippen molar-refractivity contribution in [2.24, 2.45) is 0 Å². The number of nitrogens with zero attached hydrogens (tertiary/aromatic N) is 3. The average Bonchev–Trinajstić information content (AvgIpc) is 3.24. The summed E-state index contributed by atoms with van der Waals surface area (Å²) in [6, 6.07) is 14.0. The van der Waals surface area contributed by atoms with Crippen LogP contribution in [0.1, 0.15) is 6.92 Å². The third-order valence-corrected chi connectivity index (χ3v) is 6.00. The second kappa shape index (κ2) is 10.6. The molecule has 0 aliphatic carbocycles. The Kier molecular flexibility index (Phi) is 7.36. The van der Waals surface area contributed by atoms with Gasteiger partial charge in [0.05, 0.1) is 12.3 Å². The molecule has 2 N–H and O–H groups in total. The van der Waals surface area contributed by atoms with Gasteiger partial charge in [0, 0.05) is 17.1 Å². The fourth-order valence-electron chi connectivity index (χ4n) is 3.20. The van der Waals surface area contributed by atoms with E-state index in [2.05, 4.69) is 20.8 Å². The van der Waals surface area contributed by atoms with Gasteiger partial charge in [0.1, 0.15) is 6.61 Å². The summed E-state index contributed by atoms with van der Waals surface area (Å²) in [5.74, 6) is 1.56. The molecule has 0 saturated carbocycles. The number of para-hydroxylation sites is 2. The number of thioether (sulfide) groups is 1. The maximum absolute atomic E-state index is 12.2. The fraction of sp³-hybridized carbons (Fsp3) is 0.273. The minimum absolute atomic E-state index is 0.0165. The molecule has 1 aliphatic rings. The van der Waals surface area contributed by atoms with E-state index < -0.39 is 11.9 Å². The minimum Gasteiger partial charge on any atom is -0.486 e. The number of nitrogens with one attached hydrogen (secondary N) is 2. The van der Waals surface area contributed by atoms with Gasteiger partial charge in [-0.15, -0.1) is 10.2 Å². The van der Waals surface area contributed by atoms with Crippen LogP contribution in [-0.2, 0) is 11.3 Å². The van der Waals surface area contributed by atoms with Crippen molar-refractivity contribution in [2.75, 3.05) is 18.9 Å². The summed E-state index contributed by atoms with van der Waals surface area (Å²) in [5.41, 5.74) is 0.876. The first-order valence-electron chi connectivity index (χ1n) is 10.3. The van der Waals surface area contributed by atoms with Crippen LogP contribution in [0.15, 0.2) is 53.7 Å². The Balaban J connectivity index is 1.25. The van der Waals surface area contributed by atoms with Crippen LogP contribution >= 0.6 is 23.4 Å². The van der Waals surface area contributed by atoms with E-state index in [-0.39, 0.29) is 18.4 Å². The summed E-state index contributed by atoms with van der Waals surface area (Å²) in [6.07, 6.45) is -0.343. The predicted molar refractivity (Wildman–Crippen MR) is 125 cm³/mol. The van der Waals surface area contributed by atoms with Gasteiger partial charge < -0.3 is 19.4 Å². The first kappa shape index (κ1) is 22.9. The standard InChI is InChI=1S/C22H22ClN5O4S/c1-2-28-20(14-7-9-15(23)10-8-14)26-27-22(28)33-13-19(29)25-21(30)24-11-16-12-31-17-5-3-4-6-18(17)32-16/h3-10,16H,2,11-13H2,1H3,(H2,24,25,29,30). The minimum atomic E-state index is -0.595. The molecule has 0 saturated heterocycles. The third kappa shape index (κ3) is 5.77. The molecule has 9 nitrogen and oxygen atoms in total. The second-order valence-corrected chi connectivity index (χ2v) is 8.48. The molecular formula is C22H22ClN5O4S. The third-order valence-electron chi connectivity index (χ3n) is 4.78. The van der Waals surface area contributed by atoms with Crippen LogP contribution in [0.5, 0.6) is 11.5 Å². The summed E-state index contributed by atoms with van der Waals surface area (Å²) < 4.78 is 13.3. The number of fused-ring (bicyclic) bond motifs is 1. The van der Waals surface area contributed by atoms with Gasteiger partial charge in [0.25, 0.3) is 0 Å². The number of hydrogen-bond acceptors (Lipinski definition) is 7. The van der Waals surface area contributed by atoms with Crippen LogP contribution in [-0.4, -0.2) is 51.7 Å². The fourth-order valence-corrected chi connectivity index (χ4v) is 4.13. The van der Waals surface area contributed by atoms with Crippen LogP contribution in [0.4, 0.5) is 4.79 Å². The van der Waals surface area contributed by atoms with E-state index >= 15 is 0 Å². The SMILES string of the molecule is CCn1c(SCC(=O)NC(=O)NCC2COc3ccccc3O2)nnc1-c1ccc(Cl)cc1. The zero-order chi connectivity index (χ0) is 23.2. The molecule has 33 heavy (non-hydrogen) atoms. The van der Waals surface area contributed by atoms with E-state index in [0.29, 0.717) is 40.7 Å². The summed E-state index contributed by atoms with van der Waals surface area (Å²) in [7, 11) is 0. The highest BCUT2D eigenvalue weighted by Crippen LogP contribution is 2.30. The Morgan fingerprint density at radius 2 is 1.91 bits per heavy atom. The molecule has 2 heterocycles. The number of hydrogen-bond donors (Lipinski definition) is 2. The molecule has 11 heteroatoms. The van der Waals surface area contributed by atoms with E-state index in [1.165, 1.54) is 11.8 Å². The van der Waals surface area contributed by atoms with Crippen LogP contribution in [0.3, 0.4) is 0 Å². The molecule has 3 aromatic rings. The Bertz CT molecular complexity index is 1140.